The van der Waals surface area contributed by atoms with Gasteiger partial charge in [-0.25, -0.2) is 4.39 Å². The van der Waals surface area contributed by atoms with Gasteiger partial charge in [0.25, 0.3) is 0 Å². The molecule has 1 aliphatic heterocycles. The van der Waals surface area contributed by atoms with E-state index in [9.17, 15) is 4.39 Å². The van der Waals surface area contributed by atoms with Crippen LogP contribution < -0.4 is 4.74 Å². The van der Waals surface area contributed by atoms with Gasteiger partial charge in [-0.2, -0.15) is 0 Å². The molecule has 1 atom stereocenters. The minimum absolute atomic E-state index is 0.0194. The van der Waals surface area contributed by atoms with Gasteiger partial charge in [0, 0.05) is 31.1 Å². The molecule has 0 spiro atoms. The summed E-state index contributed by atoms with van der Waals surface area (Å²) in [5, 5.41) is 0. The molecule has 1 heterocycles. The molecule has 1 unspecified atom stereocenters. The molecule has 0 radical (unpaired) electrons. The number of morpholine rings is 1. The Kier molecular flexibility index (Phi) is 4.89. The van der Waals surface area contributed by atoms with Gasteiger partial charge in [-0.05, 0) is 19.9 Å². The summed E-state index contributed by atoms with van der Waals surface area (Å²) in [6.07, 6.45) is -0.0194. The lowest BCUT2D eigenvalue weighted by Gasteiger charge is -2.42. The minimum Gasteiger partial charge on any atom is -0.494 e. The van der Waals surface area contributed by atoms with Crippen molar-refractivity contribution in [1.29, 1.82) is 0 Å². The Balaban J connectivity index is 2.13. The first-order valence-corrected chi connectivity index (χ1v) is 7.26. The lowest BCUT2D eigenvalue weighted by Crippen LogP contribution is -2.52. The smallest absolute Gasteiger partial charge is 0.169 e. The molecule has 0 aliphatic carbocycles. The van der Waals surface area contributed by atoms with E-state index in [-0.39, 0.29) is 23.3 Å². The van der Waals surface area contributed by atoms with E-state index >= 15 is 0 Å². The zero-order valence-corrected chi connectivity index (χ0v) is 12.9. The van der Waals surface area contributed by atoms with Crippen molar-refractivity contribution in [3.8, 4) is 5.75 Å². The van der Waals surface area contributed by atoms with Crippen LogP contribution in [-0.4, -0.2) is 42.7 Å². The van der Waals surface area contributed by atoms with Gasteiger partial charge in [-0.3, -0.25) is 4.90 Å². The molecule has 0 saturated carbocycles. The van der Waals surface area contributed by atoms with Crippen LogP contribution >= 0.6 is 11.6 Å². The van der Waals surface area contributed by atoms with E-state index in [1.807, 2.05) is 19.9 Å². The number of halogens is 2. The molecule has 3 nitrogen and oxygen atoms in total. The van der Waals surface area contributed by atoms with E-state index in [1.165, 1.54) is 7.11 Å². The SMILES string of the molecule is COc1cccc(CN2CC(CCl)OC(C)(C)C2)c1F. The second-order valence-corrected chi connectivity index (χ2v) is 6.07. The van der Waals surface area contributed by atoms with Crippen molar-refractivity contribution in [1.82, 2.24) is 4.90 Å². The Morgan fingerprint density at radius 3 is 2.90 bits per heavy atom. The highest BCUT2D eigenvalue weighted by Gasteiger charge is 2.33. The van der Waals surface area contributed by atoms with Gasteiger partial charge in [0.05, 0.1) is 18.8 Å². The third kappa shape index (κ3) is 3.62. The fourth-order valence-electron chi connectivity index (χ4n) is 2.69. The van der Waals surface area contributed by atoms with Gasteiger partial charge >= 0.3 is 0 Å². The third-order valence-corrected chi connectivity index (χ3v) is 3.73. The number of methoxy groups -OCH3 is 1. The Morgan fingerprint density at radius 2 is 2.25 bits per heavy atom. The molecule has 2 rings (SSSR count). The molecular weight excluding hydrogens is 281 g/mol. The van der Waals surface area contributed by atoms with E-state index in [2.05, 4.69) is 4.90 Å². The Morgan fingerprint density at radius 1 is 1.50 bits per heavy atom. The van der Waals surface area contributed by atoms with Crippen molar-refractivity contribution in [2.45, 2.75) is 32.1 Å². The minimum atomic E-state index is -0.290. The molecule has 0 aromatic heterocycles. The topological polar surface area (TPSA) is 21.7 Å². The van der Waals surface area contributed by atoms with E-state index in [1.54, 1.807) is 12.1 Å². The number of benzene rings is 1. The summed E-state index contributed by atoms with van der Waals surface area (Å²) in [7, 11) is 1.48. The first-order chi connectivity index (χ1) is 9.45. The molecule has 20 heavy (non-hydrogen) atoms. The summed E-state index contributed by atoms with van der Waals surface area (Å²) in [6, 6.07) is 5.22. The lowest BCUT2D eigenvalue weighted by atomic mass is 10.0. The lowest BCUT2D eigenvalue weighted by molar-refractivity contribution is -0.129. The van der Waals surface area contributed by atoms with E-state index in [0.29, 0.717) is 24.5 Å². The number of ether oxygens (including phenoxy) is 2. The van der Waals surface area contributed by atoms with Crippen LogP contribution in [0.3, 0.4) is 0 Å². The first kappa shape index (κ1) is 15.5. The van der Waals surface area contributed by atoms with Crippen molar-refractivity contribution >= 4 is 11.6 Å². The van der Waals surface area contributed by atoms with Crippen LogP contribution in [0.5, 0.6) is 5.75 Å². The highest BCUT2D eigenvalue weighted by Crippen LogP contribution is 2.26. The highest BCUT2D eigenvalue weighted by molar-refractivity contribution is 6.18. The Labute approximate surface area is 124 Å². The van der Waals surface area contributed by atoms with Crippen LogP contribution in [0.15, 0.2) is 18.2 Å². The summed E-state index contributed by atoms with van der Waals surface area (Å²) in [6.45, 7) is 6.05. The summed E-state index contributed by atoms with van der Waals surface area (Å²) < 4.78 is 25.1. The second-order valence-electron chi connectivity index (χ2n) is 5.76. The zero-order chi connectivity index (χ0) is 14.8. The summed E-state index contributed by atoms with van der Waals surface area (Å²) >= 11 is 5.91. The number of hydrogen-bond acceptors (Lipinski definition) is 3. The van der Waals surface area contributed by atoms with Crippen molar-refractivity contribution in [3.05, 3.63) is 29.6 Å². The average molecular weight is 302 g/mol. The maximum atomic E-state index is 14.2. The predicted octanol–water partition coefficient (Wildman–Crippen LogP) is 3.05. The molecule has 0 bridgehead atoms. The summed E-state index contributed by atoms with van der Waals surface area (Å²) in [5.74, 6) is 0.436. The average Bonchev–Trinajstić information content (AvgIpc) is 2.39. The second kappa shape index (κ2) is 6.29. The normalized spacial score (nSPS) is 22.8. The monoisotopic (exact) mass is 301 g/mol. The largest absolute Gasteiger partial charge is 0.494 e. The molecule has 1 aliphatic rings. The van der Waals surface area contributed by atoms with Gasteiger partial charge in [-0.1, -0.05) is 12.1 Å². The molecular formula is C15H21ClFNO2. The quantitative estimate of drug-likeness (QED) is 0.798. The Hall–Kier alpha value is -0.840. The van der Waals surface area contributed by atoms with Gasteiger partial charge < -0.3 is 9.47 Å². The van der Waals surface area contributed by atoms with Crippen molar-refractivity contribution in [2.24, 2.45) is 0 Å². The molecule has 1 saturated heterocycles. The molecule has 1 fully saturated rings. The van der Waals surface area contributed by atoms with Gasteiger partial charge in [0.1, 0.15) is 0 Å². The third-order valence-electron chi connectivity index (χ3n) is 3.38. The van der Waals surface area contributed by atoms with Crippen molar-refractivity contribution < 1.29 is 13.9 Å². The summed E-state index contributed by atoms with van der Waals surface area (Å²) in [5.41, 5.74) is 0.364. The number of rotatable bonds is 4. The van der Waals surface area contributed by atoms with Gasteiger partial charge in [0.2, 0.25) is 0 Å². The number of alkyl halides is 1. The van der Waals surface area contributed by atoms with Gasteiger partial charge in [0.15, 0.2) is 11.6 Å². The van der Waals surface area contributed by atoms with Crippen LogP contribution in [0, 0.1) is 5.82 Å². The number of nitrogens with zero attached hydrogens (tertiary/aromatic N) is 1. The standard InChI is InChI=1S/C15H21ClFNO2/c1-15(2)10-18(9-12(7-16)20-15)8-11-5-4-6-13(19-3)14(11)17/h4-6,12H,7-10H2,1-3H3. The van der Waals surface area contributed by atoms with Crippen molar-refractivity contribution in [2.75, 3.05) is 26.1 Å². The van der Waals surface area contributed by atoms with E-state index in [4.69, 9.17) is 21.1 Å². The molecule has 1 aromatic carbocycles. The predicted molar refractivity (Wildman–Crippen MR) is 77.9 cm³/mol. The maximum Gasteiger partial charge on any atom is 0.169 e. The zero-order valence-electron chi connectivity index (χ0n) is 12.2. The maximum absolute atomic E-state index is 14.2. The fourth-order valence-corrected chi connectivity index (χ4v) is 2.85. The molecule has 5 heteroatoms. The number of hydrogen-bond donors (Lipinski definition) is 0. The highest BCUT2D eigenvalue weighted by atomic mass is 35.5. The Bertz CT molecular complexity index is 467. The van der Waals surface area contributed by atoms with E-state index < -0.39 is 0 Å². The van der Waals surface area contributed by atoms with E-state index in [0.717, 1.165) is 6.54 Å². The fraction of sp³-hybridized carbons (Fsp3) is 0.600. The molecule has 1 aromatic rings. The van der Waals surface area contributed by atoms with Crippen LogP contribution in [0.25, 0.3) is 0 Å². The molecule has 0 N–H and O–H groups in total. The van der Waals surface area contributed by atoms with Crippen molar-refractivity contribution in [3.63, 3.8) is 0 Å². The summed E-state index contributed by atoms with van der Waals surface area (Å²) in [4.78, 5) is 2.17. The molecule has 0 amide bonds. The van der Waals surface area contributed by atoms with Crippen LogP contribution in [0.1, 0.15) is 19.4 Å². The van der Waals surface area contributed by atoms with Gasteiger partial charge in [-0.15, -0.1) is 11.6 Å². The van der Waals surface area contributed by atoms with Crippen LogP contribution in [-0.2, 0) is 11.3 Å². The first-order valence-electron chi connectivity index (χ1n) is 6.72. The molecule has 112 valence electrons. The van der Waals surface area contributed by atoms with Crippen LogP contribution in [0.4, 0.5) is 4.39 Å². The van der Waals surface area contributed by atoms with Crippen LogP contribution in [0.2, 0.25) is 0 Å².